The fourth-order valence-electron chi connectivity index (χ4n) is 4.83. The number of carbonyl (C=O) groups is 2. The number of sulfonamides is 1. The molecule has 2 fully saturated rings. The van der Waals surface area contributed by atoms with E-state index in [1.165, 1.54) is 11.2 Å². The van der Waals surface area contributed by atoms with Crippen molar-refractivity contribution in [2.24, 2.45) is 5.92 Å². The van der Waals surface area contributed by atoms with E-state index < -0.39 is 16.1 Å². The summed E-state index contributed by atoms with van der Waals surface area (Å²) in [5.74, 6) is -0.167. The summed E-state index contributed by atoms with van der Waals surface area (Å²) in [6.45, 7) is 4.39. The van der Waals surface area contributed by atoms with Crippen LogP contribution in [0.15, 0.2) is 35.4 Å². The Morgan fingerprint density at radius 3 is 2.47 bits per heavy atom. The molecule has 1 saturated carbocycles. The van der Waals surface area contributed by atoms with Crippen LogP contribution in [0.1, 0.15) is 38.2 Å². The summed E-state index contributed by atoms with van der Waals surface area (Å²) >= 11 is 0. The predicted octanol–water partition coefficient (Wildman–Crippen LogP) is 2.07. The molecule has 2 aliphatic rings. The molecule has 0 spiro atoms. The highest BCUT2D eigenvalue weighted by molar-refractivity contribution is 7.89. The van der Waals surface area contributed by atoms with Gasteiger partial charge in [0.1, 0.15) is 10.9 Å². The van der Waals surface area contributed by atoms with Crippen LogP contribution in [0.2, 0.25) is 0 Å². The SMILES string of the molecule is CC(=O)NC(C(=O)N1CCN(S(=O)(=O)c2cccc3cc(C)cnc23)CC1)C1CCCC1. The molecule has 1 aliphatic carbocycles. The highest BCUT2D eigenvalue weighted by Gasteiger charge is 2.37. The summed E-state index contributed by atoms with van der Waals surface area (Å²) in [6, 6.07) is 6.57. The topological polar surface area (TPSA) is 99.7 Å². The Bertz CT molecular complexity index is 1120. The van der Waals surface area contributed by atoms with E-state index in [9.17, 15) is 18.0 Å². The van der Waals surface area contributed by atoms with Crippen LogP contribution in [0.3, 0.4) is 0 Å². The molecule has 0 radical (unpaired) electrons. The molecule has 1 aromatic heterocycles. The van der Waals surface area contributed by atoms with Crippen molar-refractivity contribution in [3.63, 3.8) is 0 Å². The third kappa shape index (κ3) is 4.49. The van der Waals surface area contributed by atoms with Crippen LogP contribution in [-0.4, -0.2) is 66.6 Å². The number of hydrogen-bond donors (Lipinski definition) is 1. The molecule has 1 N–H and O–H groups in total. The molecule has 8 nitrogen and oxygen atoms in total. The van der Waals surface area contributed by atoms with Crippen molar-refractivity contribution in [1.29, 1.82) is 0 Å². The maximum atomic E-state index is 13.4. The smallest absolute Gasteiger partial charge is 0.245 e. The molecule has 32 heavy (non-hydrogen) atoms. The van der Waals surface area contributed by atoms with Crippen LogP contribution in [0.4, 0.5) is 0 Å². The highest BCUT2D eigenvalue weighted by atomic mass is 32.2. The molecule has 2 aromatic rings. The van der Waals surface area contributed by atoms with Gasteiger partial charge in [0.05, 0.1) is 5.52 Å². The van der Waals surface area contributed by atoms with Gasteiger partial charge in [0.15, 0.2) is 0 Å². The first-order chi connectivity index (χ1) is 15.3. The van der Waals surface area contributed by atoms with Crippen molar-refractivity contribution >= 4 is 32.7 Å². The second-order valence-corrected chi connectivity index (χ2v) is 10.7. The zero-order chi connectivity index (χ0) is 22.9. The number of aryl methyl sites for hydroxylation is 1. The largest absolute Gasteiger partial charge is 0.344 e. The van der Waals surface area contributed by atoms with E-state index in [-0.39, 0.29) is 35.7 Å². The lowest BCUT2D eigenvalue weighted by Crippen LogP contribution is -2.57. The van der Waals surface area contributed by atoms with Gasteiger partial charge in [-0.25, -0.2) is 8.42 Å². The van der Waals surface area contributed by atoms with E-state index in [0.717, 1.165) is 36.6 Å². The number of para-hydroxylation sites is 1. The zero-order valence-electron chi connectivity index (χ0n) is 18.6. The van der Waals surface area contributed by atoms with Crippen LogP contribution < -0.4 is 5.32 Å². The van der Waals surface area contributed by atoms with Crippen LogP contribution in [0.5, 0.6) is 0 Å². The molecule has 2 heterocycles. The fourth-order valence-corrected chi connectivity index (χ4v) is 6.41. The number of piperazine rings is 1. The normalized spacial score (nSPS) is 19.2. The number of amides is 2. The van der Waals surface area contributed by atoms with Gasteiger partial charge in [0.25, 0.3) is 0 Å². The molecule has 9 heteroatoms. The Hall–Kier alpha value is -2.52. The van der Waals surface area contributed by atoms with Crippen LogP contribution in [0.25, 0.3) is 10.9 Å². The number of hydrogen-bond acceptors (Lipinski definition) is 5. The second kappa shape index (κ2) is 9.15. The number of nitrogens with one attached hydrogen (secondary N) is 1. The van der Waals surface area contributed by atoms with E-state index in [1.54, 1.807) is 23.2 Å². The second-order valence-electron chi connectivity index (χ2n) is 8.79. The van der Waals surface area contributed by atoms with E-state index in [1.807, 2.05) is 19.1 Å². The van der Waals surface area contributed by atoms with Gasteiger partial charge in [0, 0.05) is 44.7 Å². The van der Waals surface area contributed by atoms with E-state index in [4.69, 9.17) is 0 Å². The summed E-state index contributed by atoms with van der Waals surface area (Å²) in [5, 5.41) is 3.63. The molecule has 1 aromatic carbocycles. The first kappa shape index (κ1) is 22.7. The Morgan fingerprint density at radius 2 is 1.81 bits per heavy atom. The minimum absolute atomic E-state index is 0.105. The first-order valence-corrected chi connectivity index (χ1v) is 12.6. The number of rotatable bonds is 5. The van der Waals surface area contributed by atoms with Crippen molar-refractivity contribution in [2.45, 2.75) is 50.5 Å². The molecule has 4 rings (SSSR count). The van der Waals surface area contributed by atoms with Crippen LogP contribution in [0, 0.1) is 12.8 Å². The van der Waals surface area contributed by atoms with Crippen LogP contribution in [-0.2, 0) is 19.6 Å². The lowest BCUT2D eigenvalue weighted by atomic mass is 9.96. The van der Waals surface area contributed by atoms with Crippen molar-refractivity contribution < 1.29 is 18.0 Å². The van der Waals surface area contributed by atoms with Gasteiger partial charge in [-0.2, -0.15) is 4.31 Å². The summed E-state index contributed by atoms with van der Waals surface area (Å²) < 4.78 is 28.2. The molecule has 1 unspecified atom stereocenters. The van der Waals surface area contributed by atoms with Gasteiger partial charge in [0.2, 0.25) is 21.8 Å². The monoisotopic (exact) mass is 458 g/mol. The predicted molar refractivity (Wildman–Crippen MR) is 121 cm³/mol. The molecule has 1 atom stereocenters. The van der Waals surface area contributed by atoms with Gasteiger partial charge in [-0.15, -0.1) is 0 Å². The number of nitrogens with zero attached hydrogens (tertiary/aromatic N) is 3. The summed E-state index contributed by atoms with van der Waals surface area (Å²) in [6.07, 6.45) is 5.66. The van der Waals surface area contributed by atoms with Gasteiger partial charge in [-0.05, 0) is 43.4 Å². The molecule has 172 valence electrons. The Kier molecular flexibility index (Phi) is 6.48. The number of benzene rings is 1. The molecule has 1 aliphatic heterocycles. The van der Waals surface area contributed by atoms with Crippen LogP contribution >= 0.6 is 0 Å². The number of pyridine rings is 1. The van der Waals surface area contributed by atoms with Crippen molar-refractivity contribution in [2.75, 3.05) is 26.2 Å². The third-order valence-corrected chi connectivity index (χ3v) is 8.41. The average Bonchev–Trinajstić information content (AvgIpc) is 3.31. The Balaban J connectivity index is 1.49. The summed E-state index contributed by atoms with van der Waals surface area (Å²) in [4.78, 5) is 31.1. The first-order valence-electron chi connectivity index (χ1n) is 11.2. The fraction of sp³-hybridized carbons (Fsp3) is 0.522. The standard InChI is InChI=1S/C23H30N4O4S/c1-16-14-19-8-5-9-20(21(19)24-15-16)32(30,31)27-12-10-26(11-13-27)23(29)22(25-17(2)28)18-6-3-4-7-18/h5,8-9,14-15,18,22H,3-4,6-7,10-13H2,1-2H3,(H,25,28). The number of aromatic nitrogens is 1. The lowest BCUT2D eigenvalue weighted by Gasteiger charge is -2.37. The summed E-state index contributed by atoms with van der Waals surface area (Å²) in [7, 11) is -3.74. The average molecular weight is 459 g/mol. The number of fused-ring (bicyclic) bond motifs is 1. The highest BCUT2D eigenvalue weighted by Crippen LogP contribution is 2.30. The molecular weight excluding hydrogens is 428 g/mol. The lowest BCUT2D eigenvalue weighted by molar-refractivity contribution is -0.138. The van der Waals surface area contributed by atoms with E-state index >= 15 is 0 Å². The minimum atomic E-state index is -3.74. The maximum Gasteiger partial charge on any atom is 0.245 e. The molecule has 1 saturated heterocycles. The maximum absolute atomic E-state index is 13.4. The van der Waals surface area contributed by atoms with Gasteiger partial charge in [-0.1, -0.05) is 25.0 Å². The molecule has 2 amide bonds. The van der Waals surface area contributed by atoms with Gasteiger partial charge < -0.3 is 10.2 Å². The van der Waals surface area contributed by atoms with Crippen molar-refractivity contribution in [3.05, 3.63) is 36.0 Å². The minimum Gasteiger partial charge on any atom is -0.344 e. The van der Waals surface area contributed by atoms with E-state index in [2.05, 4.69) is 10.3 Å². The Morgan fingerprint density at radius 1 is 1.12 bits per heavy atom. The van der Waals surface area contributed by atoms with Crippen molar-refractivity contribution in [3.8, 4) is 0 Å². The van der Waals surface area contributed by atoms with Crippen molar-refractivity contribution in [1.82, 2.24) is 19.5 Å². The molecular formula is C23H30N4O4S. The number of carbonyl (C=O) groups excluding carboxylic acids is 2. The summed E-state index contributed by atoms with van der Waals surface area (Å²) in [5.41, 5.74) is 1.43. The van der Waals surface area contributed by atoms with Gasteiger partial charge in [-0.3, -0.25) is 14.6 Å². The quantitative estimate of drug-likeness (QED) is 0.739. The van der Waals surface area contributed by atoms with E-state index in [0.29, 0.717) is 18.6 Å². The zero-order valence-corrected chi connectivity index (χ0v) is 19.4. The molecule has 0 bridgehead atoms. The Labute approximate surface area is 189 Å². The van der Waals surface area contributed by atoms with Gasteiger partial charge >= 0.3 is 0 Å². The third-order valence-electron chi connectivity index (χ3n) is 6.47.